The van der Waals surface area contributed by atoms with Crippen molar-refractivity contribution in [3.05, 3.63) is 71.9 Å². The van der Waals surface area contributed by atoms with Crippen LogP contribution in [-0.4, -0.2) is 126 Å². The number of carbonyl (C=O) groups excluding carboxylic acids is 9. The number of amides is 9. The van der Waals surface area contributed by atoms with Crippen molar-refractivity contribution in [1.29, 1.82) is 0 Å². The van der Waals surface area contributed by atoms with E-state index in [1.54, 1.807) is 36.5 Å². The van der Waals surface area contributed by atoms with Crippen LogP contribution in [0.5, 0.6) is 0 Å². The number of primary amides is 1. The number of H-pyrrole nitrogens is 1. The number of carbonyl (C=O) groups is 9. The summed E-state index contributed by atoms with van der Waals surface area (Å²) in [5.41, 5.74) is 24.9. The average Bonchev–Trinajstić information content (AvgIpc) is 3.73. The van der Waals surface area contributed by atoms with E-state index >= 15 is 0 Å². The van der Waals surface area contributed by atoms with Crippen LogP contribution in [0.15, 0.2) is 65.8 Å². The van der Waals surface area contributed by atoms with Gasteiger partial charge in [0.1, 0.15) is 42.3 Å². The summed E-state index contributed by atoms with van der Waals surface area (Å²) >= 11 is 0. The van der Waals surface area contributed by atoms with E-state index in [0.717, 1.165) is 10.9 Å². The van der Waals surface area contributed by atoms with E-state index in [0.29, 0.717) is 24.0 Å². The highest BCUT2D eigenvalue weighted by molar-refractivity contribution is 5.98. The van der Waals surface area contributed by atoms with Crippen LogP contribution in [0.1, 0.15) is 82.8 Å². The number of aliphatic imine (C=N–C) groups is 1. The number of guanidine groups is 1. The number of aromatic amines is 1. The lowest BCUT2D eigenvalue weighted by Gasteiger charge is -2.27. The van der Waals surface area contributed by atoms with Crippen molar-refractivity contribution in [2.45, 2.75) is 127 Å². The summed E-state index contributed by atoms with van der Waals surface area (Å²) in [6, 6.07) is 6.87. The van der Waals surface area contributed by atoms with Crippen LogP contribution in [0, 0.1) is 0 Å². The number of hydrogen-bond acceptors (Lipinski definition) is 11. The van der Waals surface area contributed by atoms with Crippen molar-refractivity contribution in [2.24, 2.45) is 27.9 Å². The minimum atomic E-state index is -1.43. The summed E-state index contributed by atoms with van der Waals surface area (Å²) in [4.78, 5) is 130. The molecule has 0 saturated carbocycles. The Morgan fingerprint density at radius 3 is 2.11 bits per heavy atom. The second-order valence-corrected chi connectivity index (χ2v) is 17.1. The summed E-state index contributed by atoms with van der Waals surface area (Å²) in [5, 5.41) is 22.1. The van der Waals surface area contributed by atoms with Crippen molar-refractivity contribution in [2.75, 3.05) is 19.6 Å². The van der Waals surface area contributed by atoms with Crippen molar-refractivity contribution < 1.29 is 43.2 Å². The monoisotopic (exact) mass is 973 g/mol. The van der Waals surface area contributed by atoms with Crippen LogP contribution in [0.4, 0.5) is 0 Å². The molecule has 380 valence electrons. The maximum atomic E-state index is 14.4. The van der Waals surface area contributed by atoms with Gasteiger partial charge in [0.15, 0.2) is 5.96 Å². The second kappa shape index (κ2) is 28.1. The number of fused-ring (bicyclic) bond motifs is 1. The fourth-order valence-electron chi connectivity index (χ4n) is 7.82. The zero-order chi connectivity index (χ0) is 51.2. The Balaban J connectivity index is 1.73. The molecule has 0 spiro atoms. The maximum Gasteiger partial charge on any atom is 0.243 e. The second-order valence-electron chi connectivity index (χ2n) is 17.1. The zero-order valence-corrected chi connectivity index (χ0v) is 39.6. The highest BCUT2D eigenvalue weighted by atomic mass is 16.2. The molecule has 3 aromatic rings. The minimum Gasteiger partial charge on any atom is -0.370 e. The first-order chi connectivity index (χ1) is 33.5. The molecule has 7 atom stereocenters. The Bertz CT molecular complexity index is 2320. The van der Waals surface area contributed by atoms with Crippen LogP contribution >= 0.6 is 0 Å². The number of hydrogen-bond donors (Lipinski definition) is 13. The molecule has 1 aliphatic rings. The average molecular weight is 973 g/mol. The van der Waals surface area contributed by atoms with Gasteiger partial charge in [0.05, 0.1) is 0 Å². The van der Waals surface area contributed by atoms with Gasteiger partial charge >= 0.3 is 0 Å². The molecule has 1 aliphatic heterocycles. The van der Waals surface area contributed by atoms with Crippen molar-refractivity contribution in [1.82, 2.24) is 47.5 Å². The quantitative estimate of drug-likeness (QED) is 0.0344. The molecule has 1 saturated heterocycles. The summed E-state index contributed by atoms with van der Waals surface area (Å²) in [6.45, 7) is 2.90. The number of nitrogens with zero attached hydrogens (tertiary/aromatic N) is 1. The lowest BCUT2D eigenvalue weighted by Crippen LogP contribution is -2.60. The number of benzene rings is 2. The summed E-state index contributed by atoms with van der Waals surface area (Å²) in [5.74, 6) is -7.00. The standard InChI is InChI=1S/C47H68N14O9/c1-3-4-14-32(55-27(2)62)41(65)57-34-17-18-39(63)52-23-20-36(45(69)60-37(40(49)64)25-29-26-54-31-15-9-8-13-30(29)31)59-42(66)33(16-10-22-53-47(50)51)56-46(70)38(24-28-11-6-5-7-12-28)61-44(68)35(19-21-48)58-43(34)67/h5-9,11-13,15,26,32-38,54H,3-4,10,14,16-25,48H2,1-2H3,(H2,49,64)(H,52,63)(H,55,62)(H,56,70)(H,57,65)(H,58,67)(H,59,66)(H,60,69)(H,61,68)(H4,50,51,53)/t32-,33?,34-,35?,36-,37-,38+/m0/s1. The van der Waals surface area contributed by atoms with Gasteiger partial charge in [-0.15, -0.1) is 0 Å². The Morgan fingerprint density at radius 2 is 1.43 bits per heavy atom. The Morgan fingerprint density at radius 1 is 0.771 bits per heavy atom. The molecule has 4 rings (SSSR count). The number of nitrogens with one attached hydrogen (secondary N) is 9. The highest BCUT2D eigenvalue weighted by Crippen LogP contribution is 2.19. The van der Waals surface area contributed by atoms with Gasteiger partial charge in [0.2, 0.25) is 53.2 Å². The molecule has 70 heavy (non-hydrogen) atoms. The first-order valence-electron chi connectivity index (χ1n) is 23.5. The molecule has 0 radical (unpaired) electrons. The maximum absolute atomic E-state index is 14.4. The van der Waals surface area contributed by atoms with E-state index in [4.69, 9.17) is 22.9 Å². The molecule has 23 nitrogen and oxygen atoms in total. The number of aromatic nitrogens is 1. The van der Waals surface area contributed by atoms with Gasteiger partial charge in [0.25, 0.3) is 0 Å². The molecule has 1 fully saturated rings. The molecule has 2 unspecified atom stereocenters. The predicted molar refractivity (Wildman–Crippen MR) is 260 cm³/mol. The van der Waals surface area contributed by atoms with Crippen LogP contribution in [0.25, 0.3) is 10.9 Å². The third-order valence-corrected chi connectivity index (χ3v) is 11.6. The fourth-order valence-corrected chi connectivity index (χ4v) is 7.82. The smallest absolute Gasteiger partial charge is 0.243 e. The molecule has 9 amide bonds. The van der Waals surface area contributed by atoms with E-state index in [-0.39, 0.29) is 83.4 Å². The summed E-state index contributed by atoms with van der Waals surface area (Å²) < 4.78 is 0. The Labute approximate surface area is 406 Å². The van der Waals surface area contributed by atoms with Crippen LogP contribution in [0.3, 0.4) is 0 Å². The first kappa shape index (κ1) is 55.0. The predicted octanol–water partition coefficient (Wildman–Crippen LogP) is -2.26. The summed E-state index contributed by atoms with van der Waals surface area (Å²) in [7, 11) is 0. The molecule has 2 heterocycles. The van der Waals surface area contributed by atoms with Crippen LogP contribution < -0.4 is 65.5 Å². The van der Waals surface area contributed by atoms with Gasteiger partial charge in [-0.2, -0.15) is 0 Å². The van der Waals surface area contributed by atoms with Gasteiger partial charge in [-0.3, -0.25) is 48.1 Å². The minimum absolute atomic E-state index is 0.0118. The van der Waals surface area contributed by atoms with Crippen molar-refractivity contribution >= 4 is 70.0 Å². The van der Waals surface area contributed by atoms with Gasteiger partial charge in [-0.25, -0.2) is 0 Å². The van der Waals surface area contributed by atoms with Crippen LogP contribution in [0.2, 0.25) is 0 Å². The molecule has 0 bridgehead atoms. The molecule has 0 aliphatic carbocycles. The Kier molecular flexibility index (Phi) is 22.1. The van der Waals surface area contributed by atoms with Gasteiger partial charge in [0, 0.05) is 56.4 Å². The highest BCUT2D eigenvalue weighted by Gasteiger charge is 2.34. The van der Waals surface area contributed by atoms with Crippen molar-refractivity contribution in [3.8, 4) is 0 Å². The number of unbranched alkanes of at least 4 members (excludes halogenated alkanes) is 1. The van der Waals surface area contributed by atoms with E-state index in [9.17, 15) is 43.2 Å². The number of para-hydroxylation sites is 1. The van der Waals surface area contributed by atoms with E-state index in [1.165, 1.54) is 6.92 Å². The van der Waals surface area contributed by atoms with Gasteiger partial charge < -0.3 is 70.5 Å². The topological polar surface area (TPSA) is 382 Å². The lowest BCUT2D eigenvalue weighted by molar-refractivity contribution is -0.135. The lowest BCUT2D eigenvalue weighted by atomic mass is 10.0. The largest absolute Gasteiger partial charge is 0.370 e. The summed E-state index contributed by atoms with van der Waals surface area (Å²) in [6.07, 6.45) is 2.27. The van der Waals surface area contributed by atoms with E-state index in [2.05, 4.69) is 52.5 Å². The van der Waals surface area contributed by atoms with Crippen LogP contribution in [-0.2, 0) is 56.0 Å². The first-order valence-corrected chi connectivity index (χ1v) is 23.5. The molecular formula is C47H68N14O9. The molecule has 23 heteroatoms. The molecule has 1 aromatic heterocycles. The SMILES string of the molecule is CCCC[C@H](NC(C)=O)C(=O)N[C@H]1CCC(=O)NCC[C@@H](C(=O)N[C@@H](Cc2c[nH]c3ccccc23)C(N)=O)NC(=O)C(CCCN=C(N)N)NC(=O)[C@@H](Cc2ccccc2)NC(=O)C(CCN)NC1=O. The Hall–Kier alpha value is -7.56. The number of rotatable bonds is 19. The van der Waals surface area contributed by atoms with E-state index in [1.807, 2.05) is 31.2 Å². The number of nitrogens with two attached hydrogens (primary N) is 4. The third-order valence-electron chi connectivity index (χ3n) is 11.6. The van der Waals surface area contributed by atoms with Gasteiger partial charge in [-0.1, -0.05) is 68.3 Å². The molecule has 2 aromatic carbocycles. The molecular weight excluding hydrogens is 905 g/mol. The molecule has 17 N–H and O–H groups in total. The third kappa shape index (κ3) is 17.8. The zero-order valence-electron chi connectivity index (χ0n) is 39.6. The normalized spacial score (nSPS) is 20.6. The van der Waals surface area contributed by atoms with Crippen molar-refractivity contribution in [3.63, 3.8) is 0 Å². The van der Waals surface area contributed by atoms with Gasteiger partial charge in [-0.05, 0) is 62.3 Å². The fraction of sp³-hybridized carbons (Fsp3) is 0.489. The van der Waals surface area contributed by atoms with E-state index < -0.39 is 95.5 Å².